The second kappa shape index (κ2) is 5.87. The predicted octanol–water partition coefficient (Wildman–Crippen LogP) is 2.60. The molecule has 4 heteroatoms. The second-order valence-electron chi connectivity index (χ2n) is 4.22. The molecule has 0 radical (unpaired) electrons. The number of pyridine rings is 1. The lowest BCUT2D eigenvalue weighted by Gasteiger charge is -2.20. The second-order valence-corrected chi connectivity index (χ2v) is 4.22. The van der Waals surface area contributed by atoms with Gasteiger partial charge >= 0.3 is 0 Å². The number of rotatable bonds is 4. The van der Waals surface area contributed by atoms with E-state index in [0.717, 1.165) is 17.0 Å². The normalized spacial score (nSPS) is 9.74. The molecule has 0 bridgehead atoms. The van der Waals surface area contributed by atoms with E-state index in [1.54, 1.807) is 19.4 Å². The fourth-order valence-corrected chi connectivity index (χ4v) is 1.85. The van der Waals surface area contributed by atoms with E-state index in [1.807, 2.05) is 43.4 Å². The summed E-state index contributed by atoms with van der Waals surface area (Å²) in [6, 6.07) is 13.6. The lowest BCUT2D eigenvalue weighted by Crippen LogP contribution is -2.16. The van der Waals surface area contributed by atoms with E-state index in [-0.39, 0.29) is 0 Å². The van der Waals surface area contributed by atoms with Crippen LogP contribution in [0.4, 0.5) is 5.69 Å². The Bertz CT molecular complexity index is 604. The maximum Gasteiger partial charge on any atom is 0.140 e. The van der Waals surface area contributed by atoms with Crippen LogP contribution in [0.2, 0.25) is 0 Å². The summed E-state index contributed by atoms with van der Waals surface area (Å²) in [4.78, 5) is 6.06. The molecule has 19 heavy (non-hydrogen) atoms. The smallest absolute Gasteiger partial charge is 0.140 e. The number of hydrogen-bond acceptors (Lipinski definition) is 4. The first-order valence-electron chi connectivity index (χ1n) is 5.93. The van der Waals surface area contributed by atoms with Gasteiger partial charge in [-0.1, -0.05) is 6.07 Å². The minimum absolute atomic E-state index is 0.441. The van der Waals surface area contributed by atoms with Crippen molar-refractivity contribution in [1.82, 2.24) is 4.98 Å². The molecule has 4 nitrogen and oxygen atoms in total. The van der Waals surface area contributed by atoms with Gasteiger partial charge in [0.15, 0.2) is 0 Å². The molecule has 0 N–H and O–H groups in total. The average Bonchev–Trinajstić information content (AvgIpc) is 2.47. The largest absolute Gasteiger partial charge is 0.497 e. The highest BCUT2D eigenvalue weighted by molar-refractivity contribution is 5.50. The third-order valence-electron chi connectivity index (χ3n) is 2.85. The summed E-state index contributed by atoms with van der Waals surface area (Å²) >= 11 is 0. The van der Waals surface area contributed by atoms with Gasteiger partial charge in [-0.2, -0.15) is 5.26 Å². The predicted molar refractivity (Wildman–Crippen MR) is 74.1 cm³/mol. The zero-order valence-electron chi connectivity index (χ0n) is 11.0. The molecule has 0 aliphatic heterocycles. The van der Waals surface area contributed by atoms with Crippen LogP contribution >= 0.6 is 0 Å². The number of aromatic nitrogens is 1. The van der Waals surface area contributed by atoms with Gasteiger partial charge in [-0.15, -0.1) is 0 Å². The van der Waals surface area contributed by atoms with Crippen molar-refractivity contribution >= 4 is 5.69 Å². The Morgan fingerprint density at radius 1 is 1.32 bits per heavy atom. The Balaban J connectivity index is 2.15. The lowest BCUT2D eigenvalue weighted by atomic mass is 10.2. The molecule has 1 aromatic carbocycles. The fourth-order valence-electron chi connectivity index (χ4n) is 1.85. The maximum atomic E-state index is 8.84. The Hall–Kier alpha value is -2.54. The summed E-state index contributed by atoms with van der Waals surface area (Å²) in [5, 5.41) is 8.84. The molecule has 0 amide bonds. The molecule has 0 aliphatic carbocycles. The SMILES string of the molecule is COc1cccc(N(C)Cc2ccnc(C#N)c2)c1. The molecule has 0 atom stereocenters. The number of ether oxygens (including phenoxy) is 1. The molecule has 0 unspecified atom stereocenters. The quantitative estimate of drug-likeness (QED) is 0.840. The third-order valence-corrected chi connectivity index (χ3v) is 2.85. The van der Waals surface area contributed by atoms with Crippen LogP contribution in [0.5, 0.6) is 5.75 Å². The summed E-state index contributed by atoms with van der Waals surface area (Å²) in [5.74, 6) is 0.830. The minimum Gasteiger partial charge on any atom is -0.497 e. The third kappa shape index (κ3) is 3.23. The number of nitriles is 1. The monoisotopic (exact) mass is 253 g/mol. The van der Waals surface area contributed by atoms with Crippen LogP contribution in [0.25, 0.3) is 0 Å². The molecule has 1 heterocycles. The zero-order chi connectivity index (χ0) is 13.7. The number of methoxy groups -OCH3 is 1. The number of anilines is 1. The van der Waals surface area contributed by atoms with Gasteiger partial charge < -0.3 is 9.64 Å². The number of benzene rings is 1. The zero-order valence-corrected chi connectivity index (χ0v) is 11.0. The molecule has 2 rings (SSSR count). The molecule has 96 valence electrons. The first kappa shape index (κ1) is 12.9. The average molecular weight is 253 g/mol. The van der Waals surface area contributed by atoms with E-state index in [0.29, 0.717) is 12.2 Å². The van der Waals surface area contributed by atoms with Crippen molar-refractivity contribution in [3.8, 4) is 11.8 Å². The number of hydrogen-bond donors (Lipinski definition) is 0. The van der Waals surface area contributed by atoms with Gasteiger partial charge in [0.05, 0.1) is 7.11 Å². The highest BCUT2D eigenvalue weighted by Gasteiger charge is 2.04. The van der Waals surface area contributed by atoms with Crippen LogP contribution in [0.15, 0.2) is 42.6 Å². The van der Waals surface area contributed by atoms with Crippen LogP contribution in [0.3, 0.4) is 0 Å². The van der Waals surface area contributed by atoms with E-state index in [2.05, 4.69) is 9.88 Å². The van der Waals surface area contributed by atoms with Gasteiger partial charge in [0, 0.05) is 31.5 Å². The molecule has 2 aromatic rings. The Morgan fingerprint density at radius 3 is 2.89 bits per heavy atom. The van der Waals surface area contributed by atoms with Crippen LogP contribution in [0.1, 0.15) is 11.3 Å². The van der Waals surface area contributed by atoms with Crippen molar-refractivity contribution in [2.45, 2.75) is 6.54 Å². The molecular weight excluding hydrogens is 238 g/mol. The Morgan fingerprint density at radius 2 is 2.16 bits per heavy atom. The first-order chi connectivity index (χ1) is 9.22. The van der Waals surface area contributed by atoms with E-state index in [9.17, 15) is 0 Å². The van der Waals surface area contributed by atoms with Gasteiger partial charge in [-0.25, -0.2) is 4.98 Å². The van der Waals surface area contributed by atoms with Gasteiger partial charge in [0.2, 0.25) is 0 Å². The van der Waals surface area contributed by atoms with E-state index >= 15 is 0 Å². The molecule has 0 spiro atoms. The van der Waals surface area contributed by atoms with Gasteiger partial charge in [0.25, 0.3) is 0 Å². The van der Waals surface area contributed by atoms with Crippen LogP contribution < -0.4 is 9.64 Å². The lowest BCUT2D eigenvalue weighted by molar-refractivity contribution is 0.415. The molecule has 1 aromatic heterocycles. The van der Waals surface area contributed by atoms with Crippen molar-refractivity contribution in [2.24, 2.45) is 0 Å². The van der Waals surface area contributed by atoms with Crippen molar-refractivity contribution in [2.75, 3.05) is 19.1 Å². The maximum absolute atomic E-state index is 8.84. The van der Waals surface area contributed by atoms with E-state index in [1.165, 1.54) is 0 Å². The molecule has 0 fully saturated rings. The summed E-state index contributed by atoms with van der Waals surface area (Å²) in [5.41, 5.74) is 2.56. The van der Waals surface area contributed by atoms with Crippen molar-refractivity contribution in [3.05, 3.63) is 53.9 Å². The molecule has 0 saturated heterocycles. The first-order valence-corrected chi connectivity index (χ1v) is 5.93. The van der Waals surface area contributed by atoms with Crippen LogP contribution in [-0.4, -0.2) is 19.1 Å². The van der Waals surface area contributed by atoms with Crippen molar-refractivity contribution in [3.63, 3.8) is 0 Å². The van der Waals surface area contributed by atoms with Crippen LogP contribution in [0, 0.1) is 11.3 Å². The topological polar surface area (TPSA) is 49.1 Å². The van der Waals surface area contributed by atoms with Gasteiger partial charge in [0.1, 0.15) is 17.5 Å². The minimum atomic E-state index is 0.441. The summed E-state index contributed by atoms with van der Waals surface area (Å²) in [7, 11) is 3.66. The molecule has 0 saturated carbocycles. The van der Waals surface area contributed by atoms with E-state index in [4.69, 9.17) is 10.00 Å². The standard InChI is InChI=1S/C15H15N3O/c1-18(14-4-3-5-15(9-14)19-2)11-12-6-7-17-13(8-12)10-16/h3-9H,11H2,1-2H3. The van der Waals surface area contributed by atoms with Gasteiger partial charge in [-0.05, 0) is 29.8 Å². The fraction of sp³-hybridized carbons (Fsp3) is 0.200. The number of nitrogens with zero attached hydrogens (tertiary/aromatic N) is 3. The summed E-state index contributed by atoms with van der Waals surface area (Å²) in [6.07, 6.45) is 1.66. The van der Waals surface area contributed by atoms with Crippen molar-refractivity contribution < 1.29 is 4.74 Å². The van der Waals surface area contributed by atoms with Gasteiger partial charge in [-0.3, -0.25) is 0 Å². The highest BCUT2D eigenvalue weighted by atomic mass is 16.5. The highest BCUT2D eigenvalue weighted by Crippen LogP contribution is 2.21. The van der Waals surface area contributed by atoms with Crippen molar-refractivity contribution in [1.29, 1.82) is 5.26 Å². The Labute approximate surface area is 112 Å². The summed E-state index contributed by atoms with van der Waals surface area (Å²) < 4.78 is 5.21. The molecular formula is C15H15N3O. The van der Waals surface area contributed by atoms with Crippen LogP contribution in [-0.2, 0) is 6.54 Å². The van der Waals surface area contributed by atoms with E-state index < -0.39 is 0 Å². The summed E-state index contributed by atoms with van der Waals surface area (Å²) in [6.45, 7) is 0.713. The molecule has 0 aliphatic rings. The Kier molecular flexibility index (Phi) is 3.99.